The summed E-state index contributed by atoms with van der Waals surface area (Å²) < 4.78 is 47.4. The Labute approximate surface area is 180 Å². The van der Waals surface area contributed by atoms with E-state index in [2.05, 4.69) is 15.0 Å². The Morgan fingerprint density at radius 2 is 2.06 bits per heavy atom. The molecule has 0 saturated carbocycles. The van der Waals surface area contributed by atoms with Crippen molar-refractivity contribution in [1.82, 2.24) is 14.9 Å². The number of aromatic nitrogens is 2. The number of rotatable bonds is 7. The Kier molecular flexibility index (Phi) is 6.31. The highest BCUT2D eigenvalue weighted by Gasteiger charge is 2.31. The molecule has 0 aliphatic heterocycles. The molecule has 0 unspecified atom stereocenters. The molecule has 0 saturated heterocycles. The summed E-state index contributed by atoms with van der Waals surface area (Å²) in [6.45, 7) is 1.47. The lowest BCUT2D eigenvalue weighted by Crippen LogP contribution is -2.33. The van der Waals surface area contributed by atoms with Crippen LogP contribution in [0.4, 0.5) is 13.2 Å². The van der Waals surface area contributed by atoms with E-state index >= 15 is 0 Å². The highest BCUT2D eigenvalue weighted by Crippen LogP contribution is 2.33. The van der Waals surface area contributed by atoms with Crippen molar-refractivity contribution in [1.29, 1.82) is 0 Å². The lowest BCUT2D eigenvalue weighted by atomic mass is 9.93. The molecule has 1 aliphatic carbocycles. The van der Waals surface area contributed by atoms with Crippen LogP contribution in [0.5, 0.6) is 5.75 Å². The molecule has 2 aromatic heterocycles. The molecule has 0 bridgehead atoms. The highest BCUT2D eigenvalue weighted by molar-refractivity contribution is 7.18. The Hall–Kier alpha value is -2.43. The fourth-order valence-corrected chi connectivity index (χ4v) is 5.05. The number of alkyl halides is 3. The van der Waals surface area contributed by atoms with Gasteiger partial charge in [0.1, 0.15) is 10.6 Å². The van der Waals surface area contributed by atoms with Gasteiger partial charge in [-0.25, -0.2) is 4.98 Å². The number of halogens is 3. The Morgan fingerprint density at radius 3 is 2.77 bits per heavy atom. The summed E-state index contributed by atoms with van der Waals surface area (Å²) in [5, 5.41) is 4.19. The minimum Gasteiger partial charge on any atom is -0.406 e. The van der Waals surface area contributed by atoms with E-state index < -0.39 is 6.36 Å². The van der Waals surface area contributed by atoms with Crippen LogP contribution in [0.1, 0.15) is 22.4 Å². The third kappa shape index (κ3) is 5.08. The van der Waals surface area contributed by atoms with Gasteiger partial charge in [-0.3, -0.25) is 9.36 Å². The number of nitrogens with one attached hydrogen (secondary N) is 1. The summed E-state index contributed by atoms with van der Waals surface area (Å²) in [6, 6.07) is 6.09. The SMILES string of the molecule is COCCn1cnc2sc3c(c2c1=O)CC[C@@H](NCc1ccc(OC(F)(F)F)cc1)C3. The van der Waals surface area contributed by atoms with Crippen molar-refractivity contribution in [3.05, 3.63) is 57.0 Å². The molecule has 0 radical (unpaired) electrons. The standard InChI is InChI=1S/C21H22F3N3O3S/c1-29-9-8-27-12-26-19-18(20(27)28)16-7-4-14(10-17(16)31-19)25-11-13-2-5-15(6-3-13)30-21(22,23)24/h2-3,5-6,12,14,25H,4,7-11H2,1H3/t14-/m1/s1. The van der Waals surface area contributed by atoms with Crippen LogP contribution in [0.2, 0.25) is 0 Å². The van der Waals surface area contributed by atoms with E-state index in [1.165, 1.54) is 17.0 Å². The molecule has 1 aromatic carbocycles. The first-order valence-corrected chi connectivity index (χ1v) is 10.7. The molecular weight excluding hydrogens is 431 g/mol. The van der Waals surface area contributed by atoms with Crippen LogP contribution < -0.4 is 15.6 Å². The van der Waals surface area contributed by atoms with Gasteiger partial charge in [0.2, 0.25) is 0 Å². The molecule has 2 heterocycles. The Bertz CT molecular complexity index is 1110. The Morgan fingerprint density at radius 1 is 1.29 bits per heavy atom. The van der Waals surface area contributed by atoms with Crippen molar-refractivity contribution in [2.24, 2.45) is 0 Å². The maximum atomic E-state index is 12.9. The number of thiophene rings is 1. The first-order valence-electron chi connectivity index (χ1n) is 9.91. The first-order chi connectivity index (χ1) is 14.8. The normalized spacial score (nSPS) is 16.5. The number of hydrogen-bond acceptors (Lipinski definition) is 6. The molecule has 10 heteroatoms. The van der Waals surface area contributed by atoms with Crippen molar-refractivity contribution < 1.29 is 22.6 Å². The number of fused-ring (bicyclic) bond motifs is 3. The van der Waals surface area contributed by atoms with Gasteiger partial charge < -0.3 is 14.8 Å². The zero-order valence-electron chi connectivity index (χ0n) is 16.9. The minimum atomic E-state index is -4.69. The minimum absolute atomic E-state index is 0.0212. The van der Waals surface area contributed by atoms with Gasteiger partial charge in [0.15, 0.2) is 0 Å². The largest absolute Gasteiger partial charge is 0.573 e. The molecule has 166 valence electrons. The van der Waals surface area contributed by atoms with Crippen LogP contribution in [0, 0.1) is 0 Å². The van der Waals surface area contributed by atoms with Crippen molar-refractivity contribution in [2.45, 2.75) is 44.8 Å². The number of methoxy groups -OCH3 is 1. The molecule has 0 amide bonds. The third-order valence-electron chi connectivity index (χ3n) is 5.32. The van der Waals surface area contributed by atoms with Gasteiger partial charge in [0, 0.05) is 24.6 Å². The number of ether oxygens (including phenoxy) is 2. The molecule has 1 N–H and O–H groups in total. The zero-order valence-corrected chi connectivity index (χ0v) is 17.7. The smallest absolute Gasteiger partial charge is 0.406 e. The van der Waals surface area contributed by atoms with Gasteiger partial charge in [-0.1, -0.05) is 12.1 Å². The molecular formula is C21H22F3N3O3S. The fraction of sp³-hybridized carbons (Fsp3) is 0.429. The lowest BCUT2D eigenvalue weighted by molar-refractivity contribution is -0.274. The maximum Gasteiger partial charge on any atom is 0.573 e. The van der Waals surface area contributed by atoms with Crippen LogP contribution in [0.3, 0.4) is 0 Å². The van der Waals surface area contributed by atoms with Crippen molar-refractivity contribution in [3.63, 3.8) is 0 Å². The quantitative estimate of drug-likeness (QED) is 0.592. The van der Waals surface area contributed by atoms with Crippen LogP contribution in [-0.2, 0) is 30.7 Å². The van der Waals surface area contributed by atoms with Crippen LogP contribution in [-0.4, -0.2) is 35.7 Å². The molecule has 4 rings (SSSR count). The van der Waals surface area contributed by atoms with Crippen LogP contribution >= 0.6 is 11.3 Å². The van der Waals surface area contributed by atoms with E-state index in [-0.39, 0.29) is 17.4 Å². The highest BCUT2D eigenvalue weighted by atomic mass is 32.1. The molecule has 0 spiro atoms. The van der Waals surface area contributed by atoms with Crippen LogP contribution in [0.25, 0.3) is 10.2 Å². The van der Waals surface area contributed by atoms with E-state index in [1.54, 1.807) is 41.5 Å². The molecule has 1 aliphatic rings. The van der Waals surface area contributed by atoms with Crippen molar-refractivity contribution >= 4 is 21.6 Å². The fourth-order valence-electron chi connectivity index (χ4n) is 3.80. The number of hydrogen-bond donors (Lipinski definition) is 1. The van der Waals surface area contributed by atoms with E-state index in [0.717, 1.165) is 40.6 Å². The lowest BCUT2D eigenvalue weighted by Gasteiger charge is -2.23. The molecule has 3 aromatic rings. The number of benzene rings is 1. The van der Waals surface area contributed by atoms with E-state index in [1.807, 2.05) is 0 Å². The zero-order chi connectivity index (χ0) is 22.0. The number of nitrogens with zero attached hydrogens (tertiary/aromatic N) is 2. The average Bonchev–Trinajstić information content (AvgIpc) is 3.10. The second-order valence-electron chi connectivity index (χ2n) is 7.43. The van der Waals surface area contributed by atoms with E-state index in [9.17, 15) is 18.0 Å². The summed E-state index contributed by atoms with van der Waals surface area (Å²) >= 11 is 1.56. The third-order valence-corrected chi connectivity index (χ3v) is 6.49. The van der Waals surface area contributed by atoms with Crippen molar-refractivity contribution in [3.8, 4) is 5.75 Å². The van der Waals surface area contributed by atoms with Gasteiger partial charge >= 0.3 is 6.36 Å². The van der Waals surface area contributed by atoms with E-state index in [0.29, 0.717) is 19.7 Å². The summed E-state index contributed by atoms with van der Waals surface area (Å²) in [5.74, 6) is -0.229. The summed E-state index contributed by atoms with van der Waals surface area (Å²) in [6.07, 6.45) is -0.653. The second kappa shape index (κ2) is 8.97. The van der Waals surface area contributed by atoms with E-state index in [4.69, 9.17) is 4.74 Å². The number of aryl methyl sites for hydroxylation is 1. The summed E-state index contributed by atoms with van der Waals surface area (Å²) in [5.41, 5.74) is 1.95. The second-order valence-corrected chi connectivity index (χ2v) is 8.52. The summed E-state index contributed by atoms with van der Waals surface area (Å²) in [7, 11) is 1.60. The molecule has 31 heavy (non-hydrogen) atoms. The predicted molar refractivity (Wildman–Crippen MR) is 112 cm³/mol. The van der Waals surface area contributed by atoms with Gasteiger partial charge in [-0.05, 0) is 42.5 Å². The topological polar surface area (TPSA) is 65.4 Å². The maximum absolute atomic E-state index is 12.9. The van der Waals surface area contributed by atoms with Gasteiger partial charge in [0.25, 0.3) is 5.56 Å². The first kappa shape index (κ1) is 21.8. The van der Waals surface area contributed by atoms with Gasteiger partial charge in [-0.2, -0.15) is 0 Å². The van der Waals surface area contributed by atoms with Gasteiger partial charge in [-0.15, -0.1) is 24.5 Å². The molecule has 6 nitrogen and oxygen atoms in total. The average molecular weight is 453 g/mol. The Balaban J connectivity index is 1.42. The van der Waals surface area contributed by atoms with Crippen molar-refractivity contribution in [2.75, 3.05) is 13.7 Å². The van der Waals surface area contributed by atoms with Crippen LogP contribution in [0.15, 0.2) is 35.4 Å². The summed E-state index contributed by atoms with van der Waals surface area (Å²) in [4.78, 5) is 19.3. The van der Waals surface area contributed by atoms with Gasteiger partial charge in [0.05, 0.1) is 24.9 Å². The predicted octanol–water partition coefficient (Wildman–Crippen LogP) is 3.65. The molecule has 0 fully saturated rings. The monoisotopic (exact) mass is 453 g/mol. The molecule has 1 atom stereocenters.